The van der Waals surface area contributed by atoms with Crippen LogP contribution in [0, 0.1) is 10.1 Å². The van der Waals surface area contributed by atoms with Crippen molar-refractivity contribution in [3.05, 3.63) is 90.4 Å². The molecule has 1 amide bonds. The van der Waals surface area contributed by atoms with Gasteiger partial charge in [0.15, 0.2) is 5.11 Å². The van der Waals surface area contributed by atoms with E-state index in [1.807, 2.05) is 39.9 Å². The van der Waals surface area contributed by atoms with E-state index >= 15 is 0 Å². The first-order valence-corrected chi connectivity index (χ1v) is 11.8. The van der Waals surface area contributed by atoms with E-state index in [1.54, 1.807) is 51.8 Å². The highest BCUT2D eigenvalue weighted by Gasteiger charge is 2.37. The van der Waals surface area contributed by atoms with Gasteiger partial charge in [-0.2, -0.15) is 0 Å². The van der Waals surface area contributed by atoms with E-state index in [9.17, 15) is 14.9 Å². The molecule has 2 aromatic heterocycles. The predicted molar refractivity (Wildman–Crippen MR) is 128 cm³/mol. The molecule has 0 spiro atoms. The second-order valence-electron chi connectivity index (χ2n) is 6.90. The van der Waals surface area contributed by atoms with E-state index in [0.29, 0.717) is 35.9 Å². The van der Waals surface area contributed by atoms with Crippen LogP contribution in [-0.2, 0) is 17.6 Å². The number of amides is 1. The molecule has 31 heavy (non-hydrogen) atoms. The first-order valence-electron chi connectivity index (χ1n) is 9.68. The Bertz CT molecular complexity index is 1120. The smallest absolute Gasteiger partial charge is 0.276 e. The van der Waals surface area contributed by atoms with Gasteiger partial charge in [-0.25, -0.2) is 0 Å². The van der Waals surface area contributed by atoms with Gasteiger partial charge in [0.2, 0.25) is 0 Å². The van der Waals surface area contributed by atoms with Crippen molar-refractivity contribution in [1.82, 2.24) is 9.80 Å². The summed E-state index contributed by atoms with van der Waals surface area (Å²) in [5, 5.41) is 15.9. The monoisotopic (exact) mass is 469 g/mol. The van der Waals surface area contributed by atoms with Crippen molar-refractivity contribution in [2.75, 3.05) is 13.1 Å². The summed E-state index contributed by atoms with van der Waals surface area (Å²) in [6.45, 7) is 1.01. The standard InChI is InChI=1S/C22H19N3O3S3/c26-21-20(15-16-5-1-2-8-19(16)25(27)28)23(11-9-17-6-3-13-30-17)22(29)24(21)12-10-18-7-4-14-31-18/h1-8,13-15H,9-12H2. The van der Waals surface area contributed by atoms with Crippen molar-refractivity contribution in [2.24, 2.45) is 0 Å². The van der Waals surface area contributed by atoms with Crippen LogP contribution in [0.25, 0.3) is 6.08 Å². The van der Waals surface area contributed by atoms with Crippen LogP contribution in [0.2, 0.25) is 0 Å². The topological polar surface area (TPSA) is 66.7 Å². The Balaban J connectivity index is 1.64. The molecule has 0 saturated carbocycles. The van der Waals surface area contributed by atoms with Crippen LogP contribution >= 0.6 is 34.9 Å². The molecule has 0 aliphatic carbocycles. The van der Waals surface area contributed by atoms with E-state index in [2.05, 4.69) is 0 Å². The molecule has 1 saturated heterocycles. The summed E-state index contributed by atoms with van der Waals surface area (Å²) in [5.41, 5.74) is 0.728. The van der Waals surface area contributed by atoms with Crippen LogP contribution in [0.4, 0.5) is 5.69 Å². The number of nitro groups is 1. The van der Waals surface area contributed by atoms with Gasteiger partial charge in [0, 0.05) is 28.9 Å². The number of thiophene rings is 2. The number of thiocarbonyl (C=S) groups is 1. The Labute approximate surface area is 193 Å². The van der Waals surface area contributed by atoms with Gasteiger partial charge in [-0.3, -0.25) is 19.8 Å². The molecule has 0 N–H and O–H groups in total. The lowest BCUT2D eigenvalue weighted by Crippen LogP contribution is -2.34. The quantitative estimate of drug-likeness (QED) is 0.202. The molecule has 0 atom stereocenters. The zero-order chi connectivity index (χ0) is 21.8. The van der Waals surface area contributed by atoms with Gasteiger partial charge in [-0.05, 0) is 60.1 Å². The maximum atomic E-state index is 13.3. The highest BCUT2D eigenvalue weighted by molar-refractivity contribution is 7.80. The number of para-hydroxylation sites is 1. The molecule has 158 valence electrons. The Morgan fingerprint density at radius 3 is 2.13 bits per heavy atom. The maximum Gasteiger partial charge on any atom is 0.276 e. The first-order chi connectivity index (χ1) is 15.0. The Morgan fingerprint density at radius 1 is 0.935 bits per heavy atom. The number of nitrogens with zero attached hydrogens (tertiary/aromatic N) is 3. The number of hydrogen-bond donors (Lipinski definition) is 0. The van der Waals surface area contributed by atoms with Gasteiger partial charge < -0.3 is 4.90 Å². The minimum atomic E-state index is -0.436. The highest BCUT2D eigenvalue weighted by atomic mass is 32.1. The average Bonchev–Trinajstić information content (AvgIpc) is 3.50. The fourth-order valence-corrected chi connectivity index (χ4v) is 5.18. The molecular weight excluding hydrogens is 450 g/mol. The fraction of sp³-hybridized carbons (Fsp3) is 0.182. The number of carbonyl (C=O) groups excluding carboxylic acids is 1. The van der Waals surface area contributed by atoms with E-state index in [1.165, 1.54) is 15.8 Å². The van der Waals surface area contributed by atoms with Gasteiger partial charge in [-0.15, -0.1) is 22.7 Å². The highest BCUT2D eigenvalue weighted by Crippen LogP contribution is 2.28. The summed E-state index contributed by atoms with van der Waals surface area (Å²) >= 11 is 8.97. The summed E-state index contributed by atoms with van der Waals surface area (Å²) in [6, 6.07) is 14.5. The third-order valence-corrected chi connectivity index (χ3v) is 7.28. The Kier molecular flexibility index (Phi) is 6.55. The molecule has 1 fully saturated rings. The number of carbonyl (C=O) groups is 1. The summed E-state index contributed by atoms with van der Waals surface area (Å²) < 4.78 is 0. The molecule has 6 nitrogen and oxygen atoms in total. The molecule has 0 bridgehead atoms. The van der Waals surface area contributed by atoms with Crippen LogP contribution in [0.5, 0.6) is 0 Å². The van der Waals surface area contributed by atoms with Crippen LogP contribution in [-0.4, -0.2) is 38.8 Å². The molecule has 3 heterocycles. The SMILES string of the molecule is O=C1C(=Cc2ccccc2[N+](=O)[O-])N(CCc2cccs2)C(=S)N1CCc1cccs1. The summed E-state index contributed by atoms with van der Waals surface area (Å²) in [4.78, 5) is 30.1. The van der Waals surface area contributed by atoms with E-state index in [4.69, 9.17) is 12.2 Å². The maximum absolute atomic E-state index is 13.3. The van der Waals surface area contributed by atoms with E-state index in [0.717, 1.165) is 6.42 Å². The van der Waals surface area contributed by atoms with Crippen molar-refractivity contribution in [3.63, 3.8) is 0 Å². The number of hydrogen-bond acceptors (Lipinski definition) is 6. The molecule has 1 aliphatic rings. The van der Waals surface area contributed by atoms with Gasteiger partial charge >= 0.3 is 0 Å². The van der Waals surface area contributed by atoms with Crippen molar-refractivity contribution >= 4 is 57.7 Å². The molecule has 1 aliphatic heterocycles. The molecule has 1 aromatic carbocycles. The Hall–Kier alpha value is -2.88. The number of benzene rings is 1. The van der Waals surface area contributed by atoms with Crippen LogP contribution in [0.15, 0.2) is 65.0 Å². The second-order valence-corrected chi connectivity index (χ2v) is 9.32. The van der Waals surface area contributed by atoms with Gasteiger partial charge in [0.25, 0.3) is 11.6 Å². The van der Waals surface area contributed by atoms with Crippen LogP contribution in [0.3, 0.4) is 0 Å². The van der Waals surface area contributed by atoms with Crippen molar-refractivity contribution in [3.8, 4) is 0 Å². The largest absolute Gasteiger partial charge is 0.313 e. The summed E-state index contributed by atoms with van der Waals surface area (Å²) in [7, 11) is 0. The first kappa shape index (κ1) is 21.4. The third-order valence-electron chi connectivity index (χ3n) is 4.97. The molecule has 0 radical (unpaired) electrons. The average molecular weight is 470 g/mol. The molecule has 4 rings (SSSR count). The van der Waals surface area contributed by atoms with Crippen LogP contribution < -0.4 is 0 Å². The van der Waals surface area contributed by atoms with Gasteiger partial charge in [0.05, 0.1) is 10.5 Å². The third kappa shape index (κ3) is 4.73. The molecule has 3 aromatic rings. The van der Waals surface area contributed by atoms with E-state index < -0.39 is 4.92 Å². The van der Waals surface area contributed by atoms with Crippen molar-refractivity contribution in [1.29, 1.82) is 0 Å². The van der Waals surface area contributed by atoms with Crippen molar-refractivity contribution in [2.45, 2.75) is 12.8 Å². The zero-order valence-corrected chi connectivity index (χ0v) is 18.9. The summed E-state index contributed by atoms with van der Waals surface area (Å²) in [5.74, 6) is -0.217. The number of nitro benzene ring substituents is 1. The van der Waals surface area contributed by atoms with E-state index in [-0.39, 0.29) is 11.6 Å². The van der Waals surface area contributed by atoms with Crippen molar-refractivity contribution < 1.29 is 9.72 Å². The molecular formula is C22H19N3O3S3. The van der Waals surface area contributed by atoms with Crippen LogP contribution in [0.1, 0.15) is 15.3 Å². The minimum Gasteiger partial charge on any atom is -0.313 e. The number of rotatable bonds is 8. The zero-order valence-electron chi connectivity index (χ0n) is 16.5. The lowest BCUT2D eigenvalue weighted by molar-refractivity contribution is -0.385. The molecule has 0 unspecified atom stereocenters. The Morgan fingerprint density at radius 2 is 1.55 bits per heavy atom. The minimum absolute atomic E-state index is 0.0380. The lowest BCUT2D eigenvalue weighted by atomic mass is 10.1. The summed E-state index contributed by atoms with van der Waals surface area (Å²) in [6.07, 6.45) is 3.03. The predicted octanol–water partition coefficient (Wildman–Crippen LogP) is 4.97. The fourth-order valence-electron chi connectivity index (χ4n) is 3.42. The second kappa shape index (κ2) is 9.51. The normalized spacial score (nSPS) is 15.3. The molecule has 9 heteroatoms. The lowest BCUT2D eigenvalue weighted by Gasteiger charge is -2.20. The van der Waals surface area contributed by atoms with Gasteiger partial charge in [-0.1, -0.05) is 24.3 Å². The van der Waals surface area contributed by atoms with Gasteiger partial charge in [0.1, 0.15) is 5.70 Å².